The topological polar surface area (TPSA) is 59.1 Å². The van der Waals surface area contributed by atoms with E-state index in [0.717, 1.165) is 5.69 Å². The molecule has 0 aromatic carbocycles. The van der Waals surface area contributed by atoms with Crippen molar-refractivity contribution in [3.05, 3.63) is 30.1 Å². The first-order valence-corrected chi connectivity index (χ1v) is 7.06. The summed E-state index contributed by atoms with van der Waals surface area (Å²) in [6.45, 7) is 2.10. The van der Waals surface area contributed by atoms with Crippen molar-refractivity contribution >= 4 is 10.0 Å². The van der Waals surface area contributed by atoms with Crippen molar-refractivity contribution in [1.82, 2.24) is 9.71 Å². The van der Waals surface area contributed by atoms with E-state index in [4.69, 9.17) is 0 Å². The predicted molar refractivity (Wildman–Crippen MR) is 67.8 cm³/mol. The van der Waals surface area contributed by atoms with Crippen LogP contribution in [-0.4, -0.2) is 25.7 Å². The largest absolute Gasteiger partial charge is 0.261 e. The maximum Gasteiger partial charge on any atom is 0.212 e. The summed E-state index contributed by atoms with van der Waals surface area (Å²) in [5.41, 5.74) is 0.784. The van der Waals surface area contributed by atoms with Crippen LogP contribution in [-0.2, 0) is 16.4 Å². The molecule has 0 amide bonds. The predicted octanol–water partition coefficient (Wildman–Crippen LogP) is 0.957. The van der Waals surface area contributed by atoms with Crippen LogP contribution < -0.4 is 4.72 Å². The second-order valence-electron chi connectivity index (χ2n) is 3.46. The number of pyridine rings is 1. The Morgan fingerprint density at radius 2 is 2.24 bits per heavy atom. The van der Waals surface area contributed by atoms with E-state index < -0.39 is 10.0 Å². The second kappa shape index (κ2) is 7.05. The molecule has 0 unspecified atom stereocenters. The Kier molecular flexibility index (Phi) is 5.67. The van der Waals surface area contributed by atoms with Crippen LogP contribution in [0.3, 0.4) is 0 Å². The highest BCUT2D eigenvalue weighted by molar-refractivity contribution is 7.89. The summed E-state index contributed by atoms with van der Waals surface area (Å²) in [5.74, 6) is 5.58. The number of hydrogen-bond acceptors (Lipinski definition) is 3. The lowest BCUT2D eigenvalue weighted by molar-refractivity contribution is 0.581. The molecule has 1 aromatic heterocycles. The molecule has 0 aliphatic carbocycles. The number of aromatic nitrogens is 1. The Labute approximate surface area is 103 Å². The van der Waals surface area contributed by atoms with Gasteiger partial charge in [-0.3, -0.25) is 4.98 Å². The van der Waals surface area contributed by atoms with Crippen molar-refractivity contribution in [2.45, 2.75) is 19.8 Å². The molecule has 17 heavy (non-hydrogen) atoms. The van der Waals surface area contributed by atoms with Crippen LogP contribution in [0.1, 0.15) is 19.0 Å². The molecule has 92 valence electrons. The van der Waals surface area contributed by atoms with Crippen LogP contribution in [0.5, 0.6) is 0 Å². The summed E-state index contributed by atoms with van der Waals surface area (Å²) in [6, 6.07) is 5.47. The van der Waals surface area contributed by atoms with E-state index in [2.05, 4.69) is 21.5 Å². The van der Waals surface area contributed by atoms with Gasteiger partial charge in [-0.2, -0.15) is 0 Å². The molecule has 1 N–H and O–H groups in total. The van der Waals surface area contributed by atoms with E-state index in [1.165, 1.54) is 0 Å². The van der Waals surface area contributed by atoms with Crippen molar-refractivity contribution in [3.63, 3.8) is 0 Å². The highest BCUT2D eigenvalue weighted by Crippen LogP contribution is 1.97. The molecule has 0 bridgehead atoms. The molecule has 4 nitrogen and oxygen atoms in total. The summed E-state index contributed by atoms with van der Waals surface area (Å²) in [5, 5.41) is 0. The van der Waals surface area contributed by atoms with Crippen molar-refractivity contribution in [2.24, 2.45) is 0 Å². The van der Waals surface area contributed by atoms with Gasteiger partial charge in [0.05, 0.1) is 5.75 Å². The normalized spacial score (nSPS) is 10.6. The van der Waals surface area contributed by atoms with Crippen molar-refractivity contribution in [2.75, 3.05) is 12.3 Å². The summed E-state index contributed by atoms with van der Waals surface area (Å²) < 4.78 is 25.7. The molecule has 0 radical (unpaired) electrons. The Hall–Kier alpha value is -1.38. The number of sulfonamides is 1. The maximum atomic E-state index is 11.6. The molecule has 0 aliphatic rings. The highest BCUT2D eigenvalue weighted by atomic mass is 32.2. The van der Waals surface area contributed by atoms with Gasteiger partial charge in [0.1, 0.15) is 0 Å². The molecule has 0 spiro atoms. The van der Waals surface area contributed by atoms with Gasteiger partial charge >= 0.3 is 0 Å². The van der Waals surface area contributed by atoms with Gasteiger partial charge in [-0.25, -0.2) is 13.1 Å². The van der Waals surface area contributed by atoms with Crippen LogP contribution in [0.25, 0.3) is 0 Å². The van der Waals surface area contributed by atoms with Crippen molar-refractivity contribution < 1.29 is 8.42 Å². The first-order valence-electron chi connectivity index (χ1n) is 5.41. The van der Waals surface area contributed by atoms with Crippen LogP contribution in [0.2, 0.25) is 0 Å². The Morgan fingerprint density at radius 1 is 1.41 bits per heavy atom. The third kappa shape index (κ3) is 6.05. The van der Waals surface area contributed by atoms with Crippen LogP contribution in [0, 0.1) is 11.8 Å². The molecular formula is C12H16N2O2S. The summed E-state index contributed by atoms with van der Waals surface area (Å²) in [7, 11) is -3.22. The molecule has 0 fully saturated rings. The molecule has 0 aliphatic heterocycles. The first-order chi connectivity index (χ1) is 8.14. The van der Waals surface area contributed by atoms with Gasteiger partial charge in [-0.15, -0.1) is 11.8 Å². The fraction of sp³-hybridized carbons (Fsp3) is 0.417. The minimum absolute atomic E-state index is 0.0591. The van der Waals surface area contributed by atoms with E-state index in [-0.39, 0.29) is 5.75 Å². The monoisotopic (exact) mass is 252 g/mol. The average Bonchev–Trinajstić information content (AvgIpc) is 2.34. The minimum Gasteiger partial charge on any atom is -0.261 e. The third-order valence-corrected chi connectivity index (χ3v) is 3.49. The van der Waals surface area contributed by atoms with Crippen LogP contribution in [0.4, 0.5) is 0 Å². The standard InChI is InChI=1S/C12H16N2O2S/c1-2-3-5-10-14-17(15,16)11-8-12-7-4-6-9-13-12/h4,6-7,9,14H,5,8,10-11H2,1H3. The van der Waals surface area contributed by atoms with Crippen molar-refractivity contribution in [1.29, 1.82) is 0 Å². The molecule has 0 atom stereocenters. The van der Waals surface area contributed by atoms with Gasteiger partial charge in [0, 0.05) is 31.3 Å². The van der Waals surface area contributed by atoms with E-state index in [1.807, 2.05) is 12.1 Å². The third-order valence-electron chi connectivity index (χ3n) is 2.10. The zero-order valence-electron chi connectivity index (χ0n) is 9.81. The fourth-order valence-electron chi connectivity index (χ4n) is 1.25. The van der Waals surface area contributed by atoms with Gasteiger partial charge in [0.15, 0.2) is 0 Å². The van der Waals surface area contributed by atoms with Crippen LogP contribution in [0.15, 0.2) is 24.4 Å². The second-order valence-corrected chi connectivity index (χ2v) is 5.39. The lowest BCUT2D eigenvalue weighted by atomic mass is 10.3. The van der Waals surface area contributed by atoms with Crippen molar-refractivity contribution in [3.8, 4) is 11.8 Å². The number of nitrogens with one attached hydrogen (secondary N) is 1. The average molecular weight is 252 g/mol. The first kappa shape index (κ1) is 13.7. The van der Waals surface area contributed by atoms with E-state index in [9.17, 15) is 8.42 Å². The number of hydrogen-bond donors (Lipinski definition) is 1. The molecule has 1 aromatic rings. The lowest BCUT2D eigenvalue weighted by Gasteiger charge is -2.04. The quantitative estimate of drug-likeness (QED) is 0.606. The van der Waals surface area contributed by atoms with Gasteiger partial charge in [0.25, 0.3) is 0 Å². The van der Waals surface area contributed by atoms with Crippen LogP contribution >= 0.6 is 0 Å². The van der Waals surface area contributed by atoms with Gasteiger partial charge < -0.3 is 0 Å². The SMILES string of the molecule is CC#CCCNS(=O)(=O)CCc1ccccn1. The zero-order chi connectivity index (χ0) is 12.6. The molecule has 5 heteroatoms. The molecular weight excluding hydrogens is 236 g/mol. The smallest absolute Gasteiger partial charge is 0.212 e. The lowest BCUT2D eigenvalue weighted by Crippen LogP contribution is -2.28. The molecule has 0 saturated heterocycles. The highest BCUT2D eigenvalue weighted by Gasteiger charge is 2.09. The number of aryl methyl sites for hydroxylation is 1. The Balaban J connectivity index is 2.36. The molecule has 1 rings (SSSR count). The van der Waals surface area contributed by atoms with Gasteiger partial charge in [0.2, 0.25) is 10.0 Å². The Bertz CT molecular complexity index is 486. The number of nitrogens with zero attached hydrogens (tertiary/aromatic N) is 1. The minimum atomic E-state index is -3.22. The van der Waals surface area contributed by atoms with E-state index in [0.29, 0.717) is 19.4 Å². The van der Waals surface area contributed by atoms with E-state index in [1.54, 1.807) is 19.2 Å². The fourth-order valence-corrected chi connectivity index (χ4v) is 2.29. The van der Waals surface area contributed by atoms with Gasteiger partial charge in [-0.1, -0.05) is 6.07 Å². The summed E-state index contributed by atoms with van der Waals surface area (Å²) in [6.07, 6.45) is 2.63. The molecule has 1 heterocycles. The zero-order valence-corrected chi connectivity index (χ0v) is 10.6. The summed E-state index contributed by atoms with van der Waals surface area (Å²) >= 11 is 0. The Morgan fingerprint density at radius 3 is 2.88 bits per heavy atom. The molecule has 0 saturated carbocycles. The summed E-state index contributed by atoms with van der Waals surface area (Å²) in [4.78, 5) is 4.08. The van der Waals surface area contributed by atoms with E-state index >= 15 is 0 Å². The van der Waals surface area contributed by atoms with Gasteiger partial charge in [-0.05, 0) is 19.1 Å². The maximum absolute atomic E-state index is 11.6. The number of rotatable bonds is 6.